The van der Waals surface area contributed by atoms with Gasteiger partial charge in [0.15, 0.2) is 6.23 Å². The Bertz CT molecular complexity index is 1220. The van der Waals surface area contributed by atoms with Gasteiger partial charge in [-0.3, -0.25) is 18.5 Å². The highest BCUT2D eigenvalue weighted by molar-refractivity contribution is 7.85. The molecular weight excluding hydrogens is 565 g/mol. The van der Waals surface area contributed by atoms with Crippen molar-refractivity contribution >= 4 is 27.2 Å². The molecule has 0 saturated carbocycles. The molecule has 12 nitrogen and oxygen atoms in total. The van der Waals surface area contributed by atoms with Gasteiger partial charge in [-0.05, 0) is 22.2 Å². The highest BCUT2D eigenvalue weighted by atomic mass is 32.2. The van der Waals surface area contributed by atoms with Crippen LogP contribution in [0.3, 0.4) is 0 Å². The first-order valence-electron chi connectivity index (χ1n) is 13.4. The fourth-order valence-corrected chi connectivity index (χ4v) is 17.4. The van der Waals surface area contributed by atoms with E-state index in [0.717, 1.165) is 16.9 Å². The van der Waals surface area contributed by atoms with E-state index >= 15 is 0 Å². The number of aromatic amines is 1. The molecule has 3 rings (SSSR count). The van der Waals surface area contributed by atoms with Crippen LogP contribution in [-0.4, -0.2) is 77.5 Å². The molecular formula is C24H44N2O10SSi2. The molecule has 2 saturated heterocycles. The van der Waals surface area contributed by atoms with Gasteiger partial charge < -0.3 is 22.8 Å². The third-order valence-corrected chi connectivity index (χ3v) is 18.6. The molecule has 0 amide bonds. The molecule has 2 N–H and O–H groups in total. The molecule has 2 aliphatic heterocycles. The fourth-order valence-electron chi connectivity index (χ4n) is 5.79. The Morgan fingerprint density at radius 1 is 1.08 bits per heavy atom. The Balaban J connectivity index is 2.20. The standard InChI is InChI=1S/C24H44N2O10SSi2/c1-15(2)38(16(3)4)33-14-19-21(35-39(36-38,17(5)6)18(7)8)24(29,11-13-32-37(9,30)31)22(34-19)26-12-10-20(27)25-23(26)28/h10,12,15-19,21-22,29H,11,13-14H2,1-9H3,(H,25,27,28)/t19?,21-,22?,24+/m1/s1. The number of rotatable bonds is 9. The third kappa shape index (κ3) is 6.21. The number of aromatic nitrogens is 2. The maximum atomic E-state index is 12.8. The lowest BCUT2D eigenvalue weighted by Crippen LogP contribution is -2.67. The van der Waals surface area contributed by atoms with Crippen molar-refractivity contribution in [1.29, 1.82) is 0 Å². The summed E-state index contributed by atoms with van der Waals surface area (Å²) in [4.78, 5) is 26.8. The van der Waals surface area contributed by atoms with Crippen LogP contribution in [0.4, 0.5) is 0 Å². The molecule has 0 aliphatic carbocycles. The van der Waals surface area contributed by atoms with E-state index in [-0.39, 0.29) is 41.8 Å². The van der Waals surface area contributed by atoms with Gasteiger partial charge in [0.2, 0.25) is 0 Å². The van der Waals surface area contributed by atoms with Crippen molar-refractivity contribution in [2.24, 2.45) is 0 Å². The minimum Gasteiger partial charge on any atom is -0.414 e. The molecule has 2 fully saturated rings. The van der Waals surface area contributed by atoms with E-state index in [1.165, 1.54) is 6.20 Å². The monoisotopic (exact) mass is 608 g/mol. The number of H-pyrrole nitrogens is 1. The van der Waals surface area contributed by atoms with Gasteiger partial charge in [-0.25, -0.2) is 4.79 Å². The van der Waals surface area contributed by atoms with Crippen LogP contribution < -0.4 is 11.2 Å². The van der Waals surface area contributed by atoms with Crippen LogP contribution in [0, 0.1) is 0 Å². The van der Waals surface area contributed by atoms with Crippen LogP contribution in [-0.2, 0) is 32.0 Å². The van der Waals surface area contributed by atoms with Crippen molar-refractivity contribution < 1.29 is 35.4 Å². The van der Waals surface area contributed by atoms with Gasteiger partial charge in [-0.2, -0.15) is 8.42 Å². The number of nitrogens with one attached hydrogen (secondary N) is 1. The summed E-state index contributed by atoms with van der Waals surface area (Å²) < 4.78 is 56.7. The SMILES string of the molecule is CC(C)[Si]1(C(C)C)OCC2OC(n3ccc(=O)[nH]c3=O)[C@](O)(CCOS(C)(=O)=O)[C@@H]2O[Si](C(C)C)(C(C)C)O1. The molecule has 4 atom stereocenters. The van der Waals surface area contributed by atoms with Gasteiger partial charge >= 0.3 is 22.8 Å². The normalized spacial score (nSPS) is 29.1. The fraction of sp³-hybridized carbons (Fsp3) is 0.833. The Hall–Kier alpha value is -1.18. The molecule has 0 bridgehead atoms. The van der Waals surface area contributed by atoms with Gasteiger partial charge in [-0.1, -0.05) is 55.4 Å². The highest BCUT2D eigenvalue weighted by Crippen LogP contribution is 2.51. The van der Waals surface area contributed by atoms with Crippen LogP contribution in [0.2, 0.25) is 22.2 Å². The lowest BCUT2D eigenvalue weighted by Gasteiger charge is -2.52. The molecule has 15 heteroatoms. The number of ether oxygens (including phenoxy) is 1. The van der Waals surface area contributed by atoms with Crippen LogP contribution in [0.5, 0.6) is 0 Å². The predicted octanol–water partition coefficient (Wildman–Crippen LogP) is 2.49. The minimum atomic E-state index is -3.81. The topological polar surface area (TPSA) is 155 Å². The zero-order chi connectivity index (χ0) is 29.6. The lowest BCUT2D eigenvalue weighted by molar-refractivity contribution is -0.118. The van der Waals surface area contributed by atoms with E-state index in [9.17, 15) is 23.1 Å². The summed E-state index contributed by atoms with van der Waals surface area (Å²) in [6.07, 6.45) is -1.25. The Labute approximate surface area is 232 Å². The van der Waals surface area contributed by atoms with Crippen LogP contribution in [0.1, 0.15) is 68.0 Å². The van der Waals surface area contributed by atoms with E-state index in [1.807, 2.05) is 27.7 Å². The molecule has 2 unspecified atom stereocenters. The zero-order valence-corrected chi connectivity index (χ0v) is 27.1. The first-order chi connectivity index (χ1) is 17.9. The summed E-state index contributed by atoms with van der Waals surface area (Å²) in [5, 5.41) is 12.3. The molecule has 0 spiro atoms. The highest BCUT2D eigenvalue weighted by Gasteiger charge is 2.65. The first-order valence-corrected chi connectivity index (χ1v) is 19.2. The van der Waals surface area contributed by atoms with E-state index in [0.29, 0.717) is 0 Å². The van der Waals surface area contributed by atoms with Crippen molar-refractivity contribution in [2.75, 3.05) is 19.5 Å². The Morgan fingerprint density at radius 3 is 2.13 bits per heavy atom. The summed E-state index contributed by atoms with van der Waals surface area (Å²) in [7, 11) is -9.90. The van der Waals surface area contributed by atoms with Crippen LogP contribution in [0.15, 0.2) is 21.9 Å². The van der Waals surface area contributed by atoms with E-state index in [2.05, 4.69) is 32.7 Å². The zero-order valence-electron chi connectivity index (χ0n) is 24.3. The Morgan fingerprint density at radius 2 is 1.64 bits per heavy atom. The van der Waals surface area contributed by atoms with E-state index in [4.69, 9.17) is 21.9 Å². The molecule has 1 aromatic rings. The van der Waals surface area contributed by atoms with Crippen molar-refractivity contribution in [3.63, 3.8) is 0 Å². The second-order valence-corrected chi connectivity index (χ2v) is 22.3. The average molecular weight is 609 g/mol. The second kappa shape index (κ2) is 11.6. The molecule has 2 aliphatic rings. The maximum Gasteiger partial charge on any atom is 0.335 e. The first kappa shape index (κ1) is 32.3. The number of hydrogen-bond acceptors (Lipinski definition) is 10. The van der Waals surface area contributed by atoms with Crippen molar-refractivity contribution in [3.8, 4) is 0 Å². The van der Waals surface area contributed by atoms with Gasteiger partial charge in [0.05, 0.1) is 19.5 Å². The summed E-state index contributed by atoms with van der Waals surface area (Å²) >= 11 is 0. The van der Waals surface area contributed by atoms with E-state index in [1.54, 1.807) is 0 Å². The summed E-state index contributed by atoms with van der Waals surface area (Å²) in [6.45, 7) is 16.1. The molecule has 1 aromatic heterocycles. The lowest BCUT2D eigenvalue weighted by atomic mass is 9.90. The summed E-state index contributed by atoms with van der Waals surface area (Å²) in [5.41, 5.74) is -3.24. The number of fused-ring (bicyclic) bond motifs is 1. The van der Waals surface area contributed by atoms with Crippen molar-refractivity contribution in [3.05, 3.63) is 33.1 Å². The summed E-state index contributed by atoms with van der Waals surface area (Å²) in [6, 6.07) is 1.15. The molecule has 3 heterocycles. The smallest absolute Gasteiger partial charge is 0.335 e. The Kier molecular flexibility index (Phi) is 9.62. The van der Waals surface area contributed by atoms with Crippen LogP contribution >= 0.6 is 0 Å². The number of nitrogens with zero attached hydrogens (tertiary/aromatic N) is 1. The summed E-state index contributed by atoms with van der Waals surface area (Å²) in [5.74, 6) is 0. The molecule has 0 aromatic carbocycles. The van der Waals surface area contributed by atoms with Gasteiger partial charge in [0.25, 0.3) is 15.7 Å². The minimum absolute atomic E-state index is 0.0395. The maximum absolute atomic E-state index is 12.8. The largest absolute Gasteiger partial charge is 0.414 e. The molecule has 39 heavy (non-hydrogen) atoms. The molecule has 0 radical (unpaired) electrons. The molecule has 224 valence electrons. The van der Waals surface area contributed by atoms with Gasteiger partial charge in [0, 0.05) is 18.7 Å². The van der Waals surface area contributed by atoms with E-state index < -0.39 is 62.5 Å². The number of hydrogen-bond donors (Lipinski definition) is 2. The third-order valence-electron chi connectivity index (χ3n) is 7.79. The van der Waals surface area contributed by atoms with Gasteiger partial charge in [-0.15, -0.1) is 0 Å². The number of aliphatic hydroxyl groups is 1. The second-order valence-electron chi connectivity index (χ2n) is 11.8. The average Bonchev–Trinajstić information content (AvgIpc) is 3.03. The quantitative estimate of drug-likeness (QED) is 0.315. The van der Waals surface area contributed by atoms with Crippen LogP contribution in [0.25, 0.3) is 0 Å². The van der Waals surface area contributed by atoms with Crippen molar-refractivity contribution in [1.82, 2.24) is 9.55 Å². The predicted molar refractivity (Wildman–Crippen MR) is 149 cm³/mol. The van der Waals surface area contributed by atoms with Crippen molar-refractivity contribution in [2.45, 2.75) is 108 Å². The van der Waals surface area contributed by atoms with Gasteiger partial charge in [0.1, 0.15) is 17.8 Å².